The lowest BCUT2D eigenvalue weighted by molar-refractivity contribution is -0.140. The van der Waals surface area contributed by atoms with Gasteiger partial charge in [-0.15, -0.1) is 0 Å². The van der Waals surface area contributed by atoms with Gasteiger partial charge in [0, 0.05) is 11.3 Å². The number of rotatable bonds is 7. The fraction of sp³-hybridized carbons (Fsp3) is 0.467. The van der Waals surface area contributed by atoms with E-state index in [2.05, 4.69) is 5.32 Å². The van der Waals surface area contributed by atoms with Crippen LogP contribution in [-0.4, -0.2) is 37.2 Å². The Morgan fingerprint density at radius 1 is 1.27 bits per heavy atom. The molecule has 0 fully saturated rings. The molecule has 1 aromatic rings. The van der Waals surface area contributed by atoms with E-state index >= 15 is 0 Å². The first-order chi connectivity index (χ1) is 10.2. The number of sulfone groups is 1. The monoisotopic (exact) mass is 327 g/mol. The lowest BCUT2D eigenvalue weighted by atomic mass is 10.0. The summed E-state index contributed by atoms with van der Waals surface area (Å²) < 4.78 is 23.3. The highest BCUT2D eigenvalue weighted by Gasteiger charge is 2.24. The van der Waals surface area contributed by atoms with Crippen LogP contribution in [0.25, 0.3) is 0 Å². The van der Waals surface area contributed by atoms with Crippen LogP contribution in [-0.2, 0) is 20.4 Å². The summed E-state index contributed by atoms with van der Waals surface area (Å²) in [6.07, 6.45) is 0. The third-order valence-corrected chi connectivity index (χ3v) is 4.89. The summed E-state index contributed by atoms with van der Waals surface area (Å²) >= 11 is 0. The molecule has 22 heavy (non-hydrogen) atoms. The molecule has 0 saturated carbocycles. The molecule has 0 heterocycles. The highest BCUT2D eigenvalue weighted by Crippen LogP contribution is 2.11. The van der Waals surface area contributed by atoms with Crippen molar-refractivity contribution in [2.75, 3.05) is 5.75 Å². The Kier molecular flexibility index (Phi) is 6.11. The number of carbonyl (C=O) groups excluding carboxylic acids is 1. The Morgan fingerprint density at radius 3 is 2.41 bits per heavy atom. The number of hydrogen-bond acceptors (Lipinski definition) is 4. The Bertz CT molecular complexity index is 652. The first kappa shape index (κ1) is 18.2. The summed E-state index contributed by atoms with van der Waals surface area (Å²) in [5, 5.41) is 11.5. The largest absolute Gasteiger partial charge is 0.480 e. The summed E-state index contributed by atoms with van der Waals surface area (Å²) in [5.41, 5.74) is 0.752. The second-order valence-electron chi connectivity index (χ2n) is 5.41. The maximum absolute atomic E-state index is 12.1. The maximum Gasteiger partial charge on any atom is 0.326 e. The predicted octanol–water partition coefficient (Wildman–Crippen LogP) is 1.46. The zero-order valence-corrected chi connectivity index (χ0v) is 13.7. The molecule has 122 valence electrons. The van der Waals surface area contributed by atoms with Crippen molar-refractivity contribution in [1.82, 2.24) is 5.32 Å². The number of carboxylic acid groups (broad SMARTS) is 1. The molecule has 2 N–H and O–H groups in total. The number of hydrogen-bond donors (Lipinski definition) is 2. The summed E-state index contributed by atoms with van der Waals surface area (Å²) in [7, 11) is -3.19. The minimum Gasteiger partial charge on any atom is -0.480 e. The summed E-state index contributed by atoms with van der Waals surface area (Å²) in [5.74, 6) is -2.01. The second-order valence-corrected chi connectivity index (χ2v) is 7.76. The Labute approximate surface area is 130 Å². The minimum atomic E-state index is -3.19. The molecule has 1 unspecified atom stereocenters. The predicted molar refractivity (Wildman–Crippen MR) is 83.3 cm³/mol. The molecule has 0 aliphatic rings. The van der Waals surface area contributed by atoms with Crippen molar-refractivity contribution in [3.05, 3.63) is 35.4 Å². The molecule has 0 bridgehead atoms. The number of aliphatic carboxylic acids is 1. The quantitative estimate of drug-likeness (QED) is 0.789. The smallest absolute Gasteiger partial charge is 0.326 e. The van der Waals surface area contributed by atoms with Crippen LogP contribution in [0.15, 0.2) is 24.3 Å². The lowest BCUT2D eigenvalue weighted by Gasteiger charge is -2.18. The van der Waals surface area contributed by atoms with Crippen LogP contribution < -0.4 is 5.32 Å². The maximum atomic E-state index is 12.1. The Balaban J connectivity index is 2.93. The molecular weight excluding hydrogens is 306 g/mol. The third-order valence-electron chi connectivity index (χ3n) is 3.23. The first-order valence-electron chi connectivity index (χ1n) is 6.99. The molecule has 7 heteroatoms. The van der Waals surface area contributed by atoms with Crippen molar-refractivity contribution in [3.8, 4) is 0 Å². The van der Waals surface area contributed by atoms with E-state index < -0.39 is 27.8 Å². The van der Waals surface area contributed by atoms with Crippen LogP contribution in [0.5, 0.6) is 0 Å². The van der Waals surface area contributed by atoms with Gasteiger partial charge < -0.3 is 10.4 Å². The molecule has 0 aromatic heterocycles. The highest BCUT2D eigenvalue weighted by atomic mass is 32.2. The molecule has 0 saturated heterocycles. The Morgan fingerprint density at radius 2 is 1.91 bits per heavy atom. The van der Waals surface area contributed by atoms with Gasteiger partial charge in [-0.25, -0.2) is 13.2 Å². The molecule has 1 atom stereocenters. The van der Waals surface area contributed by atoms with E-state index in [4.69, 9.17) is 5.11 Å². The summed E-state index contributed by atoms with van der Waals surface area (Å²) in [4.78, 5) is 23.2. The molecule has 0 aliphatic carbocycles. The van der Waals surface area contributed by atoms with E-state index in [1.807, 2.05) is 0 Å². The van der Waals surface area contributed by atoms with E-state index in [-0.39, 0.29) is 23.0 Å². The zero-order valence-electron chi connectivity index (χ0n) is 12.9. The van der Waals surface area contributed by atoms with E-state index in [1.165, 1.54) is 12.1 Å². The average Bonchev–Trinajstić information content (AvgIpc) is 2.43. The van der Waals surface area contributed by atoms with E-state index in [1.54, 1.807) is 32.9 Å². The van der Waals surface area contributed by atoms with Gasteiger partial charge in [-0.2, -0.15) is 0 Å². The topological polar surface area (TPSA) is 101 Å². The van der Waals surface area contributed by atoms with Gasteiger partial charge in [-0.05, 0) is 23.6 Å². The van der Waals surface area contributed by atoms with Crippen molar-refractivity contribution in [1.29, 1.82) is 0 Å². The van der Waals surface area contributed by atoms with Gasteiger partial charge >= 0.3 is 5.97 Å². The van der Waals surface area contributed by atoms with Crippen LogP contribution in [0, 0.1) is 5.92 Å². The molecule has 0 radical (unpaired) electrons. The third kappa shape index (κ3) is 5.14. The normalized spacial score (nSPS) is 12.9. The Hall–Kier alpha value is -1.89. The SMILES string of the molecule is CCS(=O)(=O)Cc1cccc(C(=O)NC(C(=O)O)C(C)C)c1. The fourth-order valence-corrected chi connectivity index (χ4v) is 2.79. The van der Waals surface area contributed by atoms with E-state index in [0.717, 1.165) is 0 Å². The van der Waals surface area contributed by atoms with Crippen LogP contribution in [0.3, 0.4) is 0 Å². The summed E-state index contributed by atoms with van der Waals surface area (Å²) in [6, 6.07) is 5.22. The van der Waals surface area contributed by atoms with Crippen molar-refractivity contribution in [2.24, 2.45) is 5.92 Å². The van der Waals surface area contributed by atoms with Gasteiger partial charge in [0.25, 0.3) is 5.91 Å². The number of benzene rings is 1. The first-order valence-corrected chi connectivity index (χ1v) is 8.81. The van der Waals surface area contributed by atoms with E-state index in [0.29, 0.717) is 5.56 Å². The molecule has 1 rings (SSSR count). The molecule has 1 aromatic carbocycles. The van der Waals surface area contributed by atoms with Gasteiger partial charge in [0.2, 0.25) is 0 Å². The standard InChI is InChI=1S/C15H21NO5S/c1-4-22(20,21)9-11-6-5-7-12(8-11)14(17)16-13(10(2)3)15(18)19/h5-8,10,13H,4,9H2,1-3H3,(H,16,17)(H,18,19). The highest BCUT2D eigenvalue weighted by molar-refractivity contribution is 7.90. The number of amides is 1. The molecule has 0 aliphatic heterocycles. The number of carboxylic acids is 1. The van der Waals surface area contributed by atoms with Crippen LogP contribution >= 0.6 is 0 Å². The lowest BCUT2D eigenvalue weighted by Crippen LogP contribution is -2.44. The van der Waals surface area contributed by atoms with Gasteiger partial charge in [-0.1, -0.05) is 32.9 Å². The van der Waals surface area contributed by atoms with Crippen LogP contribution in [0.1, 0.15) is 36.7 Å². The fourth-order valence-electron chi connectivity index (χ4n) is 1.90. The molecule has 1 amide bonds. The molecule has 6 nitrogen and oxygen atoms in total. The zero-order chi connectivity index (χ0) is 16.9. The van der Waals surface area contributed by atoms with Crippen molar-refractivity contribution < 1.29 is 23.1 Å². The van der Waals surface area contributed by atoms with Gasteiger partial charge in [-0.3, -0.25) is 4.79 Å². The van der Waals surface area contributed by atoms with Crippen LogP contribution in [0.2, 0.25) is 0 Å². The van der Waals surface area contributed by atoms with Gasteiger partial charge in [0.05, 0.1) is 5.75 Å². The second kappa shape index (κ2) is 7.40. The van der Waals surface area contributed by atoms with Crippen molar-refractivity contribution in [2.45, 2.75) is 32.6 Å². The molecule has 0 spiro atoms. The minimum absolute atomic E-state index is 0.0257. The number of nitrogens with one attached hydrogen (secondary N) is 1. The number of carbonyl (C=O) groups is 2. The van der Waals surface area contributed by atoms with Crippen molar-refractivity contribution >= 4 is 21.7 Å². The van der Waals surface area contributed by atoms with Crippen molar-refractivity contribution in [3.63, 3.8) is 0 Å². The van der Waals surface area contributed by atoms with Gasteiger partial charge in [0.15, 0.2) is 9.84 Å². The summed E-state index contributed by atoms with van der Waals surface area (Å²) in [6.45, 7) is 4.96. The van der Waals surface area contributed by atoms with E-state index in [9.17, 15) is 18.0 Å². The average molecular weight is 327 g/mol. The molecular formula is C15H21NO5S. The van der Waals surface area contributed by atoms with Gasteiger partial charge in [0.1, 0.15) is 6.04 Å². The van der Waals surface area contributed by atoms with Crippen LogP contribution in [0.4, 0.5) is 0 Å².